The van der Waals surface area contributed by atoms with Crippen molar-refractivity contribution in [2.45, 2.75) is 19.8 Å². The van der Waals surface area contributed by atoms with Crippen LogP contribution in [0.3, 0.4) is 0 Å². The van der Waals surface area contributed by atoms with E-state index in [-0.39, 0.29) is 0 Å². The van der Waals surface area contributed by atoms with Gasteiger partial charge in [0, 0.05) is 12.1 Å². The van der Waals surface area contributed by atoms with Crippen LogP contribution in [-0.2, 0) is 0 Å². The molecule has 0 saturated carbocycles. The average molecular weight is 134 g/mol. The predicted molar refractivity (Wildman–Crippen MR) is 39.8 cm³/mol. The number of hydrogen-bond acceptors (Lipinski definition) is 2. The van der Waals surface area contributed by atoms with E-state index in [1.165, 1.54) is 0 Å². The minimum Gasteiger partial charge on any atom is -0.398 e. The Hall–Kier alpha value is -1.23. The SMILES string of the molecule is CCC1=CCC(C#N)=C1N. The number of hydrogen-bond donors (Lipinski definition) is 1. The molecule has 0 heterocycles. The summed E-state index contributed by atoms with van der Waals surface area (Å²) in [5.74, 6) is 0. The monoisotopic (exact) mass is 134 g/mol. The standard InChI is InChI=1S/C8H10N2/c1-2-6-3-4-7(5-9)8(6)10/h3H,2,4,10H2,1H3. The Morgan fingerprint density at radius 2 is 2.50 bits per heavy atom. The van der Waals surface area contributed by atoms with E-state index in [9.17, 15) is 0 Å². The fourth-order valence-corrected chi connectivity index (χ4v) is 1.08. The molecular weight excluding hydrogens is 124 g/mol. The van der Waals surface area contributed by atoms with E-state index in [0.717, 1.165) is 24.0 Å². The minimum absolute atomic E-state index is 0.699. The lowest BCUT2D eigenvalue weighted by Gasteiger charge is -1.97. The van der Waals surface area contributed by atoms with Crippen LogP contribution in [0.2, 0.25) is 0 Å². The Labute approximate surface area is 60.6 Å². The topological polar surface area (TPSA) is 49.8 Å². The zero-order chi connectivity index (χ0) is 7.56. The van der Waals surface area contributed by atoms with Crippen LogP contribution < -0.4 is 5.73 Å². The summed E-state index contributed by atoms with van der Waals surface area (Å²) in [7, 11) is 0. The fraction of sp³-hybridized carbons (Fsp3) is 0.375. The van der Waals surface area contributed by atoms with Crippen molar-refractivity contribution >= 4 is 0 Å². The molecule has 0 unspecified atom stereocenters. The van der Waals surface area contributed by atoms with Crippen molar-refractivity contribution in [2.75, 3.05) is 0 Å². The lowest BCUT2D eigenvalue weighted by atomic mass is 10.2. The summed E-state index contributed by atoms with van der Waals surface area (Å²) >= 11 is 0. The zero-order valence-corrected chi connectivity index (χ0v) is 6.02. The second-order valence-electron chi connectivity index (χ2n) is 2.29. The fourth-order valence-electron chi connectivity index (χ4n) is 1.08. The van der Waals surface area contributed by atoms with Gasteiger partial charge in [-0.15, -0.1) is 0 Å². The molecule has 0 saturated heterocycles. The van der Waals surface area contributed by atoms with Crippen LogP contribution in [0.1, 0.15) is 19.8 Å². The lowest BCUT2D eigenvalue weighted by Crippen LogP contribution is -1.99. The average Bonchev–Trinajstić information content (AvgIpc) is 2.30. The molecule has 10 heavy (non-hydrogen) atoms. The molecule has 2 nitrogen and oxygen atoms in total. The number of nitrogens with two attached hydrogens (primary N) is 1. The van der Waals surface area contributed by atoms with Crippen LogP contribution in [-0.4, -0.2) is 0 Å². The van der Waals surface area contributed by atoms with E-state index in [2.05, 4.69) is 6.07 Å². The highest BCUT2D eigenvalue weighted by Crippen LogP contribution is 2.23. The van der Waals surface area contributed by atoms with Gasteiger partial charge in [0.1, 0.15) is 0 Å². The van der Waals surface area contributed by atoms with Crippen LogP contribution in [0.4, 0.5) is 0 Å². The van der Waals surface area contributed by atoms with Crippen molar-refractivity contribution in [3.05, 3.63) is 22.9 Å². The Kier molecular flexibility index (Phi) is 1.77. The van der Waals surface area contributed by atoms with Gasteiger partial charge in [-0.05, 0) is 12.0 Å². The van der Waals surface area contributed by atoms with E-state index >= 15 is 0 Å². The predicted octanol–water partition coefficient (Wildman–Crippen LogP) is 1.46. The van der Waals surface area contributed by atoms with Crippen LogP contribution >= 0.6 is 0 Å². The smallest absolute Gasteiger partial charge is 0.0972 e. The first-order valence-electron chi connectivity index (χ1n) is 3.37. The summed E-state index contributed by atoms with van der Waals surface area (Å²) in [6, 6.07) is 2.08. The van der Waals surface area contributed by atoms with E-state index < -0.39 is 0 Å². The number of nitriles is 1. The highest BCUT2D eigenvalue weighted by Gasteiger charge is 2.11. The van der Waals surface area contributed by atoms with Crippen molar-refractivity contribution < 1.29 is 0 Å². The highest BCUT2D eigenvalue weighted by atomic mass is 14.6. The third-order valence-electron chi connectivity index (χ3n) is 1.74. The molecule has 0 aromatic heterocycles. The third-order valence-corrected chi connectivity index (χ3v) is 1.74. The largest absolute Gasteiger partial charge is 0.398 e. The van der Waals surface area contributed by atoms with Crippen LogP contribution in [0.15, 0.2) is 22.9 Å². The third kappa shape index (κ3) is 0.906. The number of rotatable bonds is 1. The van der Waals surface area contributed by atoms with Gasteiger partial charge in [-0.1, -0.05) is 13.0 Å². The first-order chi connectivity index (χ1) is 4.79. The number of nitrogens with zero attached hydrogens (tertiary/aromatic N) is 1. The molecule has 0 aromatic carbocycles. The summed E-state index contributed by atoms with van der Waals surface area (Å²) in [5.41, 5.74) is 8.17. The molecule has 0 bridgehead atoms. The maximum Gasteiger partial charge on any atom is 0.0972 e. The summed E-state index contributed by atoms with van der Waals surface area (Å²) < 4.78 is 0. The first kappa shape index (κ1) is 6.88. The first-order valence-corrected chi connectivity index (χ1v) is 3.37. The molecule has 0 atom stereocenters. The molecule has 0 fully saturated rings. The summed E-state index contributed by atoms with van der Waals surface area (Å²) in [4.78, 5) is 0. The lowest BCUT2D eigenvalue weighted by molar-refractivity contribution is 1.10. The van der Waals surface area contributed by atoms with E-state index in [4.69, 9.17) is 11.0 Å². The molecule has 52 valence electrons. The summed E-state index contributed by atoms with van der Waals surface area (Å²) in [6.07, 6.45) is 3.68. The van der Waals surface area contributed by atoms with Crippen LogP contribution in [0.25, 0.3) is 0 Å². The van der Waals surface area contributed by atoms with Crippen molar-refractivity contribution in [3.63, 3.8) is 0 Å². The molecule has 1 rings (SSSR count). The molecule has 0 spiro atoms. The van der Waals surface area contributed by atoms with Gasteiger partial charge in [0.2, 0.25) is 0 Å². The van der Waals surface area contributed by atoms with Gasteiger partial charge in [0.15, 0.2) is 0 Å². The zero-order valence-electron chi connectivity index (χ0n) is 6.02. The summed E-state index contributed by atoms with van der Waals surface area (Å²) in [5, 5.41) is 8.53. The quantitative estimate of drug-likeness (QED) is 0.590. The number of allylic oxidation sites excluding steroid dienone is 3. The highest BCUT2D eigenvalue weighted by molar-refractivity contribution is 5.46. The normalized spacial score (nSPS) is 17.0. The van der Waals surface area contributed by atoms with Crippen LogP contribution in [0.5, 0.6) is 0 Å². The second-order valence-corrected chi connectivity index (χ2v) is 2.29. The molecule has 0 radical (unpaired) electrons. The minimum atomic E-state index is 0.699. The van der Waals surface area contributed by atoms with E-state index in [0.29, 0.717) is 5.70 Å². The van der Waals surface area contributed by atoms with Gasteiger partial charge >= 0.3 is 0 Å². The van der Waals surface area contributed by atoms with Crippen molar-refractivity contribution in [1.29, 1.82) is 5.26 Å². The molecule has 0 aliphatic heterocycles. The molecule has 2 heteroatoms. The summed E-state index contributed by atoms with van der Waals surface area (Å²) in [6.45, 7) is 2.04. The molecule has 1 aliphatic rings. The second kappa shape index (κ2) is 2.57. The van der Waals surface area contributed by atoms with E-state index in [1.807, 2.05) is 13.0 Å². The van der Waals surface area contributed by atoms with Crippen LogP contribution in [0, 0.1) is 11.3 Å². The molecule has 0 aromatic rings. The Bertz CT molecular complexity index is 240. The van der Waals surface area contributed by atoms with Gasteiger partial charge in [0.25, 0.3) is 0 Å². The molecule has 2 N–H and O–H groups in total. The molecule has 0 amide bonds. The van der Waals surface area contributed by atoms with Crippen molar-refractivity contribution in [2.24, 2.45) is 5.73 Å². The molecule has 1 aliphatic carbocycles. The maximum atomic E-state index is 8.53. The Morgan fingerprint density at radius 1 is 1.80 bits per heavy atom. The Balaban J connectivity index is 2.88. The van der Waals surface area contributed by atoms with Crippen molar-refractivity contribution in [1.82, 2.24) is 0 Å². The van der Waals surface area contributed by atoms with Gasteiger partial charge in [-0.2, -0.15) is 5.26 Å². The van der Waals surface area contributed by atoms with Crippen molar-refractivity contribution in [3.8, 4) is 6.07 Å². The van der Waals surface area contributed by atoms with Gasteiger partial charge < -0.3 is 5.73 Å². The van der Waals surface area contributed by atoms with Gasteiger partial charge in [-0.3, -0.25) is 0 Å². The Morgan fingerprint density at radius 3 is 2.80 bits per heavy atom. The van der Waals surface area contributed by atoms with E-state index in [1.54, 1.807) is 0 Å². The maximum absolute atomic E-state index is 8.53. The van der Waals surface area contributed by atoms with Gasteiger partial charge in [-0.25, -0.2) is 0 Å². The molecular formula is C8H10N2. The van der Waals surface area contributed by atoms with Gasteiger partial charge in [0.05, 0.1) is 11.6 Å².